The molecule has 0 aliphatic heterocycles. The van der Waals surface area contributed by atoms with E-state index in [0.29, 0.717) is 0 Å². The Labute approximate surface area is 673 Å². The highest BCUT2D eigenvalue weighted by Crippen LogP contribution is 2.43. The summed E-state index contributed by atoms with van der Waals surface area (Å²) < 4.78 is 44.4. The summed E-state index contributed by atoms with van der Waals surface area (Å²) in [5, 5.41) is 12.0. The van der Waals surface area contributed by atoms with Crippen LogP contribution in [0.3, 0.4) is 0 Å². The lowest BCUT2D eigenvalue weighted by Crippen LogP contribution is -1.95. The SMILES string of the molecule is C.COc1cc(-c2cccc3[nH]c(-c4c[nH]c5ccccc45)nc23)cc(OC)c1C.COc1cc(-c2cccc3[nH]c(-c4ccc5[nH]ccc5c4)nc23)cc(OC)c1C.COc1cc(-c2cccc3[nH]c(-c4n[nH]c5ccccc45)nc23)cc(OC)c1C.COc1cc(-c2nccc3[nH]c(-c4ccc5[nH]ccc5c4)nc23)cc(OC)c1C. The van der Waals surface area contributed by atoms with Gasteiger partial charge < -0.3 is 72.8 Å². The van der Waals surface area contributed by atoms with Gasteiger partial charge in [0.15, 0.2) is 5.82 Å². The number of ether oxygens (including phenoxy) is 8. The molecule has 9 heterocycles. The molecule has 0 saturated heterocycles. The Bertz CT molecular complexity index is 6550. The van der Waals surface area contributed by atoms with E-state index in [1.165, 1.54) is 0 Å². The van der Waals surface area contributed by atoms with E-state index in [2.05, 4.69) is 129 Å². The number of methoxy groups -OCH3 is 8. The number of imidazole rings is 4. The summed E-state index contributed by atoms with van der Waals surface area (Å²) in [5.41, 5.74) is 27.2. The van der Waals surface area contributed by atoms with Crippen LogP contribution in [0.5, 0.6) is 46.0 Å². The van der Waals surface area contributed by atoms with Crippen LogP contribution >= 0.6 is 0 Å². The number of benzene rings is 11. The molecule has 22 nitrogen and oxygen atoms in total. The molecule has 0 radical (unpaired) electrons. The van der Waals surface area contributed by atoms with Gasteiger partial charge in [0.1, 0.15) is 74.7 Å². The highest BCUT2D eigenvalue weighted by molar-refractivity contribution is 6.02. The molecule has 0 aliphatic rings. The molecule has 20 aromatic rings. The van der Waals surface area contributed by atoms with Crippen molar-refractivity contribution in [3.05, 3.63) is 253 Å². The van der Waals surface area contributed by atoms with E-state index in [4.69, 9.17) is 57.8 Å². The summed E-state index contributed by atoms with van der Waals surface area (Å²) >= 11 is 0. The number of H-pyrrole nitrogens is 8. The fraction of sp³-hybridized carbons (Fsp3) is 0.137. The van der Waals surface area contributed by atoms with Gasteiger partial charge in [-0.1, -0.05) is 80.2 Å². The molecule has 0 saturated carbocycles. The number of aromatic amines is 8. The quantitative estimate of drug-likeness (QED) is 0.0447. The van der Waals surface area contributed by atoms with Gasteiger partial charge in [-0.3, -0.25) is 10.1 Å². The Morgan fingerprint density at radius 2 is 0.641 bits per heavy atom. The maximum absolute atomic E-state index is 5.56. The summed E-state index contributed by atoms with van der Waals surface area (Å²) in [5.74, 6) is 9.49. The van der Waals surface area contributed by atoms with Crippen LogP contribution in [-0.4, -0.2) is 127 Å². The zero-order valence-corrected chi connectivity index (χ0v) is 65.9. The number of nitrogens with one attached hydrogen (secondary N) is 8. The number of pyridine rings is 1. The second-order valence-electron chi connectivity index (χ2n) is 28.0. The summed E-state index contributed by atoms with van der Waals surface area (Å²) in [4.78, 5) is 47.8. The van der Waals surface area contributed by atoms with Crippen molar-refractivity contribution < 1.29 is 37.9 Å². The van der Waals surface area contributed by atoms with Gasteiger partial charge in [-0.05, 0) is 178 Å². The van der Waals surface area contributed by atoms with Gasteiger partial charge in [-0.25, -0.2) is 19.9 Å². The number of hydrogen-bond donors (Lipinski definition) is 8. The third-order valence-electron chi connectivity index (χ3n) is 21.3. The molecular formula is C95H86N14O8. The van der Waals surface area contributed by atoms with E-state index in [1.807, 2.05) is 174 Å². The number of rotatable bonds is 16. The van der Waals surface area contributed by atoms with Crippen molar-refractivity contribution in [2.45, 2.75) is 35.1 Å². The van der Waals surface area contributed by atoms with Crippen molar-refractivity contribution in [2.24, 2.45) is 0 Å². The number of nitrogens with zero attached hydrogens (tertiary/aromatic N) is 6. The van der Waals surface area contributed by atoms with Crippen LogP contribution < -0.4 is 37.9 Å². The van der Waals surface area contributed by atoms with Gasteiger partial charge in [0.25, 0.3) is 0 Å². The van der Waals surface area contributed by atoms with Crippen molar-refractivity contribution in [3.8, 4) is 136 Å². The second kappa shape index (κ2) is 32.2. The van der Waals surface area contributed by atoms with Crippen molar-refractivity contribution in [3.63, 3.8) is 0 Å². The van der Waals surface area contributed by atoms with Crippen LogP contribution in [0.15, 0.2) is 231 Å². The van der Waals surface area contributed by atoms with E-state index in [0.717, 1.165) is 246 Å². The van der Waals surface area contributed by atoms with Crippen LogP contribution in [-0.2, 0) is 0 Å². The molecule has 0 amide bonds. The first kappa shape index (κ1) is 76.0. The van der Waals surface area contributed by atoms with E-state index >= 15 is 0 Å². The Hall–Kier alpha value is -15.1. The lowest BCUT2D eigenvalue weighted by atomic mass is 10.0. The standard InChI is InChI=1S/2C24H21N3O2.2C23H20N4O2.CH4/c1-14-21(28-2)11-15(12-22(14)29-3)16-8-6-10-20-23(16)27-24(26-20)18-13-25-19-9-5-4-7-17(18)19;1-14-21(28-2)12-17(13-22(14)29-3)18-5-4-6-20-23(18)27-24(26-20)16-7-8-19-15(11-16)9-10-25-19;1-13-19(28-2)11-16(12-20(13)29-3)21-22-18(7-9-25-21)26-23(27-22)15-4-5-17-14(10-15)6-8-24-17;1-13-19(28-2)11-14(12-20(13)29-3)15-8-6-10-18-21(15)25-23(24-18)22-16-7-4-5-9-17(16)26-27-22;/h2*4-13,25H,1-3H3,(H,26,27);4-12,24H,1-3H3,(H,26,27);4-12H,1-3H3,(H,24,25)(H,26,27);1H4. The van der Waals surface area contributed by atoms with Gasteiger partial charge in [0.2, 0.25) is 0 Å². The smallest absolute Gasteiger partial charge is 0.159 e. The zero-order chi connectivity index (χ0) is 79.8. The fourth-order valence-electron chi connectivity index (χ4n) is 15.2. The van der Waals surface area contributed by atoms with Gasteiger partial charge >= 0.3 is 0 Å². The molecule has 0 atom stereocenters. The average Bonchev–Trinajstić information content (AvgIpc) is 1.68. The Morgan fingerprint density at radius 1 is 0.274 bits per heavy atom. The number of aromatic nitrogens is 14. The Kier molecular flexibility index (Phi) is 20.9. The summed E-state index contributed by atoms with van der Waals surface area (Å²) in [7, 11) is 13.4. The van der Waals surface area contributed by atoms with Crippen molar-refractivity contribution in [1.29, 1.82) is 0 Å². The molecule has 0 fully saturated rings. The Balaban J connectivity index is 0.000000116. The largest absolute Gasteiger partial charge is 0.496 e. The molecule has 20 rings (SSSR count). The average molecular weight is 1550 g/mol. The maximum Gasteiger partial charge on any atom is 0.159 e. The first-order valence-corrected chi connectivity index (χ1v) is 37.6. The van der Waals surface area contributed by atoms with Crippen LogP contribution in [0.1, 0.15) is 29.7 Å². The minimum Gasteiger partial charge on any atom is -0.496 e. The Morgan fingerprint density at radius 3 is 1.09 bits per heavy atom. The summed E-state index contributed by atoms with van der Waals surface area (Å²) in [6.45, 7) is 7.94. The molecule has 11 aromatic carbocycles. The number of fused-ring (bicyclic) bond motifs is 8. The highest BCUT2D eigenvalue weighted by Gasteiger charge is 2.23. The van der Waals surface area contributed by atoms with Crippen LogP contribution in [0.2, 0.25) is 0 Å². The van der Waals surface area contributed by atoms with Gasteiger partial charge in [0, 0.05) is 124 Å². The maximum atomic E-state index is 5.56. The predicted molar refractivity (Wildman–Crippen MR) is 469 cm³/mol. The zero-order valence-electron chi connectivity index (χ0n) is 65.9. The second-order valence-corrected chi connectivity index (χ2v) is 28.0. The molecule has 0 bridgehead atoms. The monoisotopic (exact) mass is 1550 g/mol. The van der Waals surface area contributed by atoms with E-state index < -0.39 is 0 Å². The topological polar surface area (TPSA) is 277 Å². The minimum absolute atomic E-state index is 0. The van der Waals surface area contributed by atoms with Crippen molar-refractivity contribution in [2.75, 3.05) is 56.9 Å². The molecule has 0 aliphatic carbocycles. The van der Waals surface area contributed by atoms with Gasteiger partial charge in [0.05, 0.1) is 107 Å². The van der Waals surface area contributed by atoms with E-state index in [-0.39, 0.29) is 7.43 Å². The van der Waals surface area contributed by atoms with Crippen LogP contribution in [0, 0.1) is 27.7 Å². The summed E-state index contributed by atoms with van der Waals surface area (Å²) in [6, 6.07) is 69.4. The molecule has 8 N–H and O–H groups in total. The molecule has 117 heavy (non-hydrogen) atoms. The van der Waals surface area contributed by atoms with E-state index in [1.54, 1.807) is 63.1 Å². The third-order valence-corrected chi connectivity index (χ3v) is 21.3. The van der Waals surface area contributed by atoms with E-state index in [9.17, 15) is 0 Å². The fourth-order valence-corrected chi connectivity index (χ4v) is 15.2. The van der Waals surface area contributed by atoms with Gasteiger partial charge in [-0.15, -0.1) is 0 Å². The number of hydrogen-bond acceptors (Lipinski definition) is 14. The third kappa shape index (κ3) is 14.3. The molecule has 0 unspecified atom stereocenters. The predicted octanol–water partition coefficient (Wildman–Crippen LogP) is 22.2. The molecule has 0 spiro atoms. The molecule has 22 heteroatoms. The molecule has 584 valence electrons. The minimum atomic E-state index is 0. The first-order chi connectivity index (χ1) is 56.7. The normalized spacial score (nSPS) is 11.2. The summed E-state index contributed by atoms with van der Waals surface area (Å²) in [6.07, 6.45) is 7.67. The molecule has 9 aromatic heterocycles. The van der Waals surface area contributed by atoms with Crippen LogP contribution in [0.25, 0.3) is 178 Å². The lowest BCUT2D eigenvalue weighted by Gasteiger charge is -2.13. The van der Waals surface area contributed by atoms with Crippen molar-refractivity contribution in [1.82, 2.24) is 70.0 Å². The lowest BCUT2D eigenvalue weighted by molar-refractivity contribution is 0.389. The van der Waals surface area contributed by atoms with Gasteiger partial charge in [-0.2, -0.15) is 5.10 Å². The van der Waals surface area contributed by atoms with Crippen molar-refractivity contribution >= 4 is 87.7 Å². The number of para-hydroxylation sites is 5. The highest BCUT2D eigenvalue weighted by atomic mass is 16.5. The van der Waals surface area contributed by atoms with Crippen LogP contribution in [0.4, 0.5) is 0 Å². The molecular weight excluding hydrogens is 1470 g/mol. The first-order valence-electron chi connectivity index (χ1n) is 37.6.